The monoisotopic (exact) mass is 259 g/mol. The van der Waals surface area contributed by atoms with E-state index in [1.807, 2.05) is 24.3 Å². The summed E-state index contributed by atoms with van der Waals surface area (Å²) in [5.41, 5.74) is 7.36. The van der Waals surface area contributed by atoms with E-state index in [0.29, 0.717) is 24.2 Å². The smallest absolute Gasteiger partial charge is 0.168 e. The van der Waals surface area contributed by atoms with Crippen LogP contribution in [0.3, 0.4) is 0 Å². The second-order valence-corrected chi connectivity index (χ2v) is 4.34. The highest BCUT2D eigenvalue weighted by atomic mass is 16.5. The quantitative estimate of drug-likeness (QED) is 0.832. The molecule has 2 rings (SSSR count). The number of anilines is 1. The Hall–Kier alpha value is -2.30. The van der Waals surface area contributed by atoms with Crippen LogP contribution < -0.4 is 10.5 Å². The minimum absolute atomic E-state index is 0.0152. The summed E-state index contributed by atoms with van der Waals surface area (Å²) in [5.74, 6) is 1.24. The third-order valence-corrected chi connectivity index (χ3v) is 3.08. The van der Waals surface area contributed by atoms with Crippen LogP contribution in [0.15, 0.2) is 30.5 Å². The van der Waals surface area contributed by atoms with Crippen LogP contribution in [-0.4, -0.2) is 22.7 Å². The first-order chi connectivity index (χ1) is 9.11. The van der Waals surface area contributed by atoms with Crippen molar-refractivity contribution < 1.29 is 9.53 Å². The van der Waals surface area contributed by atoms with Crippen LogP contribution in [0.2, 0.25) is 0 Å². The molecule has 0 aliphatic carbocycles. The van der Waals surface area contributed by atoms with Crippen molar-refractivity contribution in [3.05, 3.63) is 41.6 Å². The lowest BCUT2D eigenvalue weighted by Gasteiger charge is -2.03. The minimum atomic E-state index is 0.0152. The number of ketones is 1. The molecule has 0 saturated carbocycles. The number of methoxy groups -OCH3 is 1. The van der Waals surface area contributed by atoms with Gasteiger partial charge in [-0.3, -0.25) is 9.48 Å². The van der Waals surface area contributed by atoms with Gasteiger partial charge in [-0.15, -0.1) is 0 Å². The Labute approximate surface area is 112 Å². The summed E-state index contributed by atoms with van der Waals surface area (Å²) in [6.07, 6.45) is 2.62. The number of benzene rings is 1. The molecule has 100 valence electrons. The zero-order valence-corrected chi connectivity index (χ0v) is 11.1. The fourth-order valence-corrected chi connectivity index (χ4v) is 1.85. The van der Waals surface area contributed by atoms with Crippen LogP contribution in [0.4, 0.5) is 5.82 Å². The zero-order chi connectivity index (χ0) is 13.8. The molecule has 0 aliphatic rings. The number of nitrogens with two attached hydrogens (primary N) is 1. The van der Waals surface area contributed by atoms with Crippen molar-refractivity contribution >= 4 is 11.6 Å². The van der Waals surface area contributed by atoms with Gasteiger partial charge in [-0.05, 0) is 24.1 Å². The summed E-state index contributed by atoms with van der Waals surface area (Å²) in [5, 5.41) is 3.97. The number of nitrogen functional groups attached to an aromatic ring is 1. The SMILES string of the molecule is COc1ccc(CCC(=O)c2cnn(C)c2N)cc1. The zero-order valence-electron chi connectivity index (χ0n) is 11.1. The molecule has 0 radical (unpaired) electrons. The van der Waals surface area contributed by atoms with Gasteiger partial charge >= 0.3 is 0 Å². The van der Waals surface area contributed by atoms with E-state index in [2.05, 4.69) is 5.10 Å². The largest absolute Gasteiger partial charge is 0.497 e. The summed E-state index contributed by atoms with van der Waals surface area (Å²) in [7, 11) is 3.35. The number of carbonyl (C=O) groups excluding carboxylic acids is 1. The van der Waals surface area contributed by atoms with Crippen LogP contribution in [0, 0.1) is 0 Å². The van der Waals surface area contributed by atoms with Crippen LogP contribution in [-0.2, 0) is 13.5 Å². The van der Waals surface area contributed by atoms with E-state index in [4.69, 9.17) is 10.5 Å². The van der Waals surface area contributed by atoms with Gasteiger partial charge < -0.3 is 10.5 Å². The molecule has 0 aliphatic heterocycles. The first kappa shape index (κ1) is 13.1. The first-order valence-corrected chi connectivity index (χ1v) is 6.05. The fraction of sp³-hybridized carbons (Fsp3) is 0.286. The molecule has 1 heterocycles. The maximum atomic E-state index is 12.0. The van der Waals surface area contributed by atoms with Gasteiger partial charge in [0.05, 0.1) is 18.9 Å². The molecule has 5 heteroatoms. The fourth-order valence-electron chi connectivity index (χ4n) is 1.85. The van der Waals surface area contributed by atoms with Crippen molar-refractivity contribution in [1.82, 2.24) is 9.78 Å². The Balaban J connectivity index is 1.98. The molecule has 2 aromatic rings. The molecule has 5 nitrogen and oxygen atoms in total. The van der Waals surface area contributed by atoms with E-state index < -0.39 is 0 Å². The Morgan fingerprint density at radius 2 is 2.05 bits per heavy atom. The Bertz CT molecular complexity index is 573. The van der Waals surface area contributed by atoms with Gasteiger partial charge in [-0.1, -0.05) is 12.1 Å². The third kappa shape index (κ3) is 2.93. The van der Waals surface area contributed by atoms with Crippen LogP contribution in [0.1, 0.15) is 22.3 Å². The van der Waals surface area contributed by atoms with Crippen molar-refractivity contribution in [2.75, 3.05) is 12.8 Å². The van der Waals surface area contributed by atoms with Gasteiger partial charge in [0.25, 0.3) is 0 Å². The number of carbonyl (C=O) groups is 1. The number of hydrogen-bond acceptors (Lipinski definition) is 4. The summed E-state index contributed by atoms with van der Waals surface area (Å²) < 4.78 is 6.59. The Morgan fingerprint density at radius 3 is 2.58 bits per heavy atom. The highest BCUT2D eigenvalue weighted by molar-refractivity contribution is 5.99. The average Bonchev–Trinajstić information content (AvgIpc) is 2.77. The number of Topliss-reactive ketones (excluding diaryl/α,β-unsaturated/α-hetero) is 1. The summed E-state index contributed by atoms with van der Waals surface area (Å²) in [6, 6.07) is 7.69. The van der Waals surface area contributed by atoms with E-state index in [9.17, 15) is 4.79 Å². The molecular formula is C14H17N3O2. The van der Waals surface area contributed by atoms with Crippen molar-refractivity contribution in [1.29, 1.82) is 0 Å². The molecule has 2 N–H and O–H groups in total. The van der Waals surface area contributed by atoms with Gasteiger partial charge in [0.2, 0.25) is 0 Å². The highest BCUT2D eigenvalue weighted by Crippen LogP contribution is 2.16. The lowest BCUT2D eigenvalue weighted by molar-refractivity contribution is 0.0983. The average molecular weight is 259 g/mol. The summed E-state index contributed by atoms with van der Waals surface area (Å²) in [4.78, 5) is 12.0. The topological polar surface area (TPSA) is 70.1 Å². The maximum Gasteiger partial charge on any atom is 0.168 e. The second-order valence-electron chi connectivity index (χ2n) is 4.34. The number of rotatable bonds is 5. The number of aryl methyl sites for hydroxylation is 2. The Kier molecular flexibility index (Phi) is 3.85. The summed E-state index contributed by atoms with van der Waals surface area (Å²) >= 11 is 0. The second kappa shape index (κ2) is 5.56. The molecule has 1 aromatic carbocycles. The third-order valence-electron chi connectivity index (χ3n) is 3.08. The predicted molar refractivity (Wildman–Crippen MR) is 73.3 cm³/mol. The van der Waals surface area contributed by atoms with E-state index in [-0.39, 0.29) is 5.78 Å². The van der Waals surface area contributed by atoms with Gasteiger partial charge in [0.15, 0.2) is 5.78 Å². The minimum Gasteiger partial charge on any atom is -0.497 e. The lowest BCUT2D eigenvalue weighted by atomic mass is 10.0. The summed E-state index contributed by atoms with van der Waals surface area (Å²) in [6.45, 7) is 0. The van der Waals surface area contributed by atoms with Crippen molar-refractivity contribution in [2.24, 2.45) is 7.05 Å². The lowest BCUT2D eigenvalue weighted by Crippen LogP contribution is -2.05. The number of aromatic nitrogens is 2. The van der Waals surface area contributed by atoms with E-state index in [1.54, 1.807) is 14.2 Å². The molecule has 0 fully saturated rings. The normalized spacial score (nSPS) is 10.4. The standard InChI is InChI=1S/C14H17N3O2/c1-17-14(15)12(9-16-17)13(18)8-5-10-3-6-11(19-2)7-4-10/h3-4,6-7,9H,5,8,15H2,1-2H3. The molecule has 0 spiro atoms. The van der Waals surface area contributed by atoms with Crippen LogP contribution in [0.5, 0.6) is 5.75 Å². The molecule has 0 unspecified atom stereocenters. The van der Waals surface area contributed by atoms with Gasteiger partial charge in [0, 0.05) is 13.5 Å². The van der Waals surface area contributed by atoms with E-state index in [1.165, 1.54) is 10.9 Å². The van der Waals surface area contributed by atoms with Crippen LogP contribution >= 0.6 is 0 Å². The molecule has 0 amide bonds. The van der Waals surface area contributed by atoms with Gasteiger partial charge in [-0.25, -0.2) is 0 Å². The Morgan fingerprint density at radius 1 is 1.37 bits per heavy atom. The van der Waals surface area contributed by atoms with Crippen molar-refractivity contribution in [2.45, 2.75) is 12.8 Å². The van der Waals surface area contributed by atoms with Crippen LogP contribution in [0.25, 0.3) is 0 Å². The van der Waals surface area contributed by atoms with Crippen molar-refractivity contribution in [3.63, 3.8) is 0 Å². The number of hydrogen-bond donors (Lipinski definition) is 1. The predicted octanol–water partition coefficient (Wildman–Crippen LogP) is 1.83. The molecule has 0 bridgehead atoms. The highest BCUT2D eigenvalue weighted by Gasteiger charge is 2.13. The molecule has 0 atom stereocenters. The first-order valence-electron chi connectivity index (χ1n) is 6.05. The van der Waals surface area contributed by atoms with Gasteiger partial charge in [-0.2, -0.15) is 5.10 Å². The van der Waals surface area contributed by atoms with E-state index >= 15 is 0 Å². The number of nitrogens with zero attached hydrogens (tertiary/aromatic N) is 2. The van der Waals surface area contributed by atoms with Gasteiger partial charge in [0.1, 0.15) is 11.6 Å². The molecular weight excluding hydrogens is 242 g/mol. The molecule has 19 heavy (non-hydrogen) atoms. The molecule has 0 saturated heterocycles. The van der Waals surface area contributed by atoms with E-state index in [0.717, 1.165) is 11.3 Å². The van der Waals surface area contributed by atoms with Crippen molar-refractivity contribution in [3.8, 4) is 5.75 Å². The molecule has 1 aromatic heterocycles. The number of ether oxygens (including phenoxy) is 1. The maximum absolute atomic E-state index is 12.0.